The number of aromatic nitrogens is 3. The minimum absolute atomic E-state index is 0.0652. The van der Waals surface area contributed by atoms with Crippen molar-refractivity contribution in [2.75, 3.05) is 10.0 Å². The van der Waals surface area contributed by atoms with E-state index in [1.807, 2.05) is 17.5 Å². The number of pyridine rings is 2. The van der Waals surface area contributed by atoms with Crippen molar-refractivity contribution in [3.8, 4) is 0 Å². The number of hydrogen-bond acceptors (Lipinski definition) is 5. The first-order valence-corrected chi connectivity index (χ1v) is 10.2. The summed E-state index contributed by atoms with van der Waals surface area (Å²) in [4.78, 5) is 20.9. The van der Waals surface area contributed by atoms with Crippen molar-refractivity contribution in [3.05, 3.63) is 84.4 Å². The highest BCUT2D eigenvalue weighted by Gasteiger charge is 2.15. The Morgan fingerprint density at radius 3 is 2.59 bits per heavy atom. The molecule has 4 aromatic rings. The Bertz CT molecular complexity index is 1280. The molecule has 3 heterocycles. The third kappa shape index (κ3) is 4.09. The van der Waals surface area contributed by atoms with Crippen molar-refractivity contribution < 1.29 is 13.2 Å². The summed E-state index contributed by atoms with van der Waals surface area (Å²) >= 11 is 0. The van der Waals surface area contributed by atoms with Crippen LogP contribution in [0.15, 0.2) is 78.1 Å². The highest BCUT2D eigenvalue weighted by atomic mass is 32.2. The molecule has 0 aliphatic rings. The maximum atomic E-state index is 12.5. The largest absolute Gasteiger partial charge is 0.322 e. The fraction of sp³-hybridized carbons (Fsp3) is 0.0500. The lowest BCUT2D eigenvalue weighted by Gasteiger charge is -2.09. The molecule has 0 spiro atoms. The molecule has 146 valence electrons. The van der Waals surface area contributed by atoms with Crippen LogP contribution < -0.4 is 10.0 Å². The van der Waals surface area contributed by atoms with Gasteiger partial charge in [-0.05, 0) is 55.5 Å². The summed E-state index contributed by atoms with van der Waals surface area (Å²) in [6.45, 7) is 1.88. The minimum atomic E-state index is -3.77. The van der Waals surface area contributed by atoms with Crippen LogP contribution in [0.25, 0.3) is 5.65 Å². The molecule has 3 aromatic heterocycles. The Morgan fingerprint density at radius 2 is 1.86 bits per heavy atom. The van der Waals surface area contributed by atoms with Crippen molar-refractivity contribution in [2.24, 2.45) is 0 Å². The lowest BCUT2D eigenvalue weighted by Crippen LogP contribution is -2.15. The molecule has 9 heteroatoms. The standard InChI is InChI=1S/C20H17N5O3S/c1-14-13-25-11-9-15(12-19(25)22-14)20(26)23-16-5-7-17(8-6-16)29(27,28)24-18-4-2-3-10-21-18/h2-13H,1H3,(H,21,24)(H,23,26). The van der Waals surface area contributed by atoms with Gasteiger partial charge in [0.25, 0.3) is 15.9 Å². The van der Waals surface area contributed by atoms with E-state index in [0.29, 0.717) is 16.9 Å². The number of fused-ring (bicyclic) bond motifs is 1. The first-order valence-electron chi connectivity index (χ1n) is 8.71. The number of carbonyl (C=O) groups excluding carboxylic acids is 1. The van der Waals surface area contributed by atoms with Crippen LogP contribution >= 0.6 is 0 Å². The topological polar surface area (TPSA) is 105 Å². The van der Waals surface area contributed by atoms with E-state index in [0.717, 1.165) is 5.69 Å². The monoisotopic (exact) mass is 407 g/mol. The number of benzene rings is 1. The molecule has 0 saturated heterocycles. The summed E-state index contributed by atoms with van der Waals surface area (Å²) in [5.74, 6) is -0.0788. The van der Waals surface area contributed by atoms with Crippen molar-refractivity contribution in [1.82, 2.24) is 14.4 Å². The van der Waals surface area contributed by atoms with Gasteiger partial charge in [0, 0.05) is 29.8 Å². The van der Waals surface area contributed by atoms with E-state index in [1.165, 1.54) is 30.5 Å². The minimum Gasteiger partial charge on any atom is -0.322 e. The van der Waals surface area contributed by atoms with Crippen LogP contribution in [0.1, 0.15) is 16.1 Å². The second kappa shape index (κ2) is 7.36. The molecule has 1 aromatic carbocycles. The Morgan fingerprint density at radius 1 is 1.07 bits per heavy atom. The summed E-state index contributed by atoms with van der Waals surface area (Å²) in [6.07, 6.45) is 5.14. The number of nitrogens with one attached hydrogen (secondary N) is 2. The summed E-state index contributed by atoms with van der Waals surface area (Å²) in [5, 5.41) is 2.75. The fourth-order valence-electron chi connectivity index (χ4n) is 2.79. The summed E-state index contributed by atoms with van der Waals surface area (Å²) in [6, 6.07) is 14.2. The number of hydrogen-bond donors (Lipinski definition) is 2. The van der Waals surface area contributed by atoms with E-state index < -0.39 is 10.0 Å². The molecule has 4 rings (SSSR count). The van der Waals surface area contributed by atoms with Crippen LogP contribution in [-0.4, -0.2) is 28.7 Å². The maximum Gasteiger partial charge on any atom is 0.263 e. The summed E-state index contributed by atoms with van der Waals surface area (Å²) in [5.41, 5.74) is 2.47. The first-order chi connectivity index (χ1) is 13.9. The summed E-state index contributed by atoms with van der Waals surface area (Å²) < 4.78 is 29.1. The predicted octanol–water partition coefficient (Wildman–Crippen LogP) is 3.09. The van der Waals surface area contributed by atoms with Gasteiger partial charge < -0.3 is 9.72 Å². The highest BCUT2D eigenvalue weighted by molar-refractivity contribution is 7.92. The zero-order valence-electron chi connectivity index (χ0n) is 15.4. The fourth-order valence-corrected chi connectivity index (χ4v) is 3.80. The molecule has 0 unspecified atom stereocenters. The number of sulfonamides is 1. The molecule has 0 radical (unpaired) electrons. The SMILES string of the molecule is Cc1cn2ccc(C(=O)Nc3ccc(S(=O)(=O)Nc4ccccn4)cc3)cc2n1. The molecule has 2 N–H and O–H groups in total. The Hall–Kier alpha value is -3.72. The number of aryl methyl sites for hydroxylation is 1. The second-order valence-electron chi connectivity index (χ2n) is 6.36. The molecular formula is C20H17N5O3S. The quantitative estimate of drug-likeness (QED) is 0.529. The molecule has 0 saturated carbocycles. The Kier molecular flexibility index (Phi) is 4.73. The zero-order valence-corrected chi connectivity index (χ0v) is 16.2. The highest BCUT2D eigenvalue weighted by Crippen LogP contribution is 2.18. The molecular weight excluding hydrogens is 390 g/mol. The maximum absolute atomic E-state index is 12.5. The molecule has 0 atom stereocenters. The normalized spacial score (nSPS) is 11.3. The first kappa shape index (κ1) is 18.6. The van der Waals surface area contributed by atoms with Gasteiger partial charge in [-0.15, -0.1) is 0 Å². The average molecular weight is 407 g/mol. The van der Waals surface area contributed by atoms with Crippen LogP contribution in [0.5, 0.6) is 0 Å². The van der Waals surface area contributed by atoms with Gasteiger partial charge in [0.2, 0.25) is 0 Å². The van der Waals surface area contributed by atoms with E-state index in [4.69, 9.17) is 0 Å². The van der Waals surface area contributed by atoms with Crippen LogP contribution in [0.4, 0.5) is 11.5 Å². The van der Waals surface area contributed by atoms with Gasteiger partial charge in [0.15, 0.2) is 0 Å². The lowest BCUT2D eigenvalue weighted by molar-refractivity contribution is 0.102. The van der Waals surface area contributed by atoms with Gasteiger partial charge in [-0.2, -0.15) is 0 Å². The summed E-state index contributed by atoms with van der Waals surface area (Å²) in [7, 11) is -3.77. The van der Waals surface area contributed by atoms with E-state index in [-0.39, 0.29) is 16.6 Å². The van der Waals surface area contributed by atoms with Gasteiger partial charge >= 0.3 is 0 Å². The van der Waals surface area contributed by atoms with E-state index in [2.05, 4.69) is 20.0 Å². The van der Waals surface area contributed by atoms with Crippen LogP contribution in [-0.2, 0) is 10.0 Å². The van der Waals surface area contributed by atoms with Crippen LogP contribution in [0.2, 0.25) is 0 Å². The van der Waals surface area contributed by atoms with E-state index in [1.54, 1.807) is 36.5 Å². The number of anilines is 2. The molecule has 0 aliphatic heterocycles. The molecule has 1 amide bonds. The van der Waals surface area contributed by atoms with Crippen molar-refractivity contribution in [1.29, 1.82) is 0 Å². The molecule has 0 bridgehead atoms. The van der Waals surface area contributed by atoms with Gasteiger partial charge in [-0.3, -0.25) is 9.52 Å². The Labute approximate surface area is 167 Å². The van der Waals surface area contributed by atoms with Crippen molar-refractivity contribution in [3.63, 3.8) is 0 Å². The molecule has 8 nitrogen and oxygen atoms in total. The molecule has 0 fully saturated rings. The van der Waals surface area contributed by atoms with Gasteiger partial charge in [0.1, 0.15) is 11.5 Å². The third-order valence-electron chi connectivity index (χ3n) is 4.17. The van der Waals surface area contributed by atoms with Crippen molar-refractivity contribution in [2.45, 2.75) is 11.8 Å². The number of rotatable bonds is 5. The zero-order chi connectivity index (χ0) is 20.4. The Balaban J connectivity index is 1.49. The number of amides is 1. The number of carbonyl (C=O) groups is 1. The lowest BCUT2D eigenvalue weighted by atomic mass is 10.2. The van der Waals surface area contributed by atoms with Gasteiger partial charge in [0.05, 0.1) is 10.6 Å². The molecule has 29 heavy (non-hydrogen) atoms. The van der Waals surface area contributed by atoms with Crippen molar-refractivity contribution >= 4 is 33.1 Å². The van der Waals surface area contributed by atoms with Crippen LogP contribution in [0.3, 0.4) is 0 Å². The third-order valence-corrected chi connectivity index (χ3v) is 5.54. The van der Waals surface area contributed by atoms with Gasteiger partial charge in [-0.25, -0.2) is 18.4 Å². The predicted molar refractivity (Wildman–Crippen MR) is 109 cm³/mol. The average Bonchev–Trinajstić information content (AvgIpc) is 3.08. The van der Waals surface area contributed by atoms with Gasteiger partial charge in [-0.1, -0.05) is 6.07 Å². The smallest absolute Gasteiger partial charge is 0.263 e. The van der Waals surface area contributed by atoms with E-state index >= 15 is 0 Å². The molecule has 0 aliphatic carbocycles. The van der Waals surface area contributed by atoms with E-state index in [9.17, 15) is 13.2 Å². The van der Waals surface area contributed by atoms with Crippen LogP contribution in [0, 0.1) is 6.92 Å². The number of imidazole rings is 1. The second-order valence-corrected chi connectivity index (χ2v) is 8.04. The number of nitrogens with zero attached hydrogens (tertiary/aromatic N) is 3.